The number of thioether (sulfide) groups is 1. The summed E-state index contributed by atoms with van der Waals surface area (Å²) in [5.41, 5.74) is 0.594. The second-order valence-electron chi connectivity index (χ2n) is 8.40. The van der Waals surface area contributed by atoms with Crippen molar-refractivity contribution in [3.8, 4) is 0 Å². The Morgan fingerprint density at radius 1 is 1.21 bits per heavy atom. The Labute approximate surface area is 180 Å². The SMILES string of the molecule is CC1CCCN(C(=O)CSc2nc3cc(Cl)ccc3c(=O)n2C2CCCCC2)C1. The highest BCUT2D eigenvalue weighted by molar-refractivity contribution is 7.99. The maximum Gasteiger partial charge on any atom is 0.262 e. The predicted molar refractivity (Wildman–Crippen MR) is 119 cm³/mol. The van der Waals surface area contributed by atoms with Crippen LogP contribution < -0.4 is 5.56 Å². The van der Waals surface area contributed by atoms with Crippen LogP contribution in [0.2, 0.25) is 5.02 Å². The number of amides is 1. The molecular weight excluding hydrogens is 406 g/mol. The van der Waals surface area contributed by atoms with Crippen molar-refractivity contribution >= 4 is 40.2 Å². The Morgan fingerprint density at radius 3 is 2.76 bits per heavy atom. The number of likely N-dealkylation sites (tertiary alicyclic amines) is 1. The zero-order chi connectivity index (χ0) is 20.4. The summed E-state index contributed by atoms with van der Waals surface area (Å²) >= 11 is 7.53. The number of carbonyl (C=O) groups excluding carboxylic acids is 1. The molecule has 5 nitrogen and oxygen atoms in total. The molecule has 1 unspecified atom stereocenters. The molecule has 2 fully saturated rings. The molecule has 4 rings (SSSR count). The minimum atomic E-state index is -0.0138. The number of hydrogen-bond donors (Lipinski definition) is 0. The lowest BCUT2D eigenvalue weighted by Gasteiger charge is -2.31. The number of benzene rings is 1. The van der Waals surface area contributed by atoms with E-state index in [0.29, 0.717) is 32.8 Å². The Hall–Kier alpha value is -1.53. The summed E-state index contributed by atoms with van der Waals surface area (Å²) in [6.45, 7) is 3.86. The standard InChI is InChI=1S/C22H28ClN3O2S/c1-15-6-5-11-25(13-15)20(27)14-29-22-24-19-12-16(23)9-10-18(19)21(28)26(22)17-7-3-2-4-8-17/h9-10,12,15,17H,2-8,11,13-14H2,1H3. The third-order valence-electron chi connectivity index (χ3n) is 6.11. The molecule has 0 radical (unpaired) electrons. The van der Waals surface area contributed by atoms with Gasteiger partial charge in [0.1, 0.15) is 0 Å². The molecule has 1 aromatic carbocycles. The van der Waals surface area contributed by atoms with Crippen LogP contribution >= 0.6 is 23.4 Å². The fraction of sp³-hybridized carbons (Fsp3) is 0.591. The fourth-order valence-corrected chi connectivity index (χ4v) is 5.68. The number of piperidine rings is 1. The number of rotatable bonds is 4. The number of hydrogen-bond acceptors (Lipinski definition) is 4. The van der Waals surface area contributed by atoms with Gasteiger partial charge in [-0.05, 0) is 49.8 Å². The van der Waals surface area contributed by atoms with Crippen LogP contribution in [0.3, 0.4) is 0 Å². The maximum absolute atomic E-state index is 13.3. The summed E-state index contributed by atoms with van der Waals surface area (Å²) in [5, 5.41) is 1.81. The second-order valence-corrected chi connectivity index (χ2v) is 9.78. The molecule has 1 atom stereocenters. The Balaban J connectivity index is 1.64. The van der Waals surface area contributed by atoms with Crippen molar-refractivity contribution in [3.63, 3.8) is 0 Å². The minimum absolute atomic E-state index is 0.0138. The first-order chi connectivity index (χ1) is 14.0. The molecular formula is C22H28ClN3O2S. The average Bonchev–Trinajstić information content (AvgIpc) is 2.72. The van der Waals surface area contributed by atoms with E-state index in [-0.39, 0.29) is 17.5 Å². The van der Waals surface area contributed by atoms with E-state index in [2.05, 4.69) is 6.92 Å². The minimum Gasteiger partial charge on any atom is -0.342 e. The number of nitrogens with zero attached hydrogens (tertiary/aromatic N) is 3. The van der Waals surface area contributed by atoms with E-state index in [4.69, 9.17) is 16.6 Å². The first-order valence-corrected chi connectivity index (χ1v) is 12.0. The van der Waals surface area contributed by atoms with Gasteiger partial charge in [0.2, 0.25) is 5.91 Å². The average molecular weight is 434 g/mol. The first kappa shape index (κ1) is 20.7. The summed E-state index contributed by atoms with van der Waals surface area (Å²) in [4.78, 5) is 32.8. The molecule has 1 aromatic heterocycles. The third-order valence-corrected chi connectivity index (χ3v) is 7.28. The van der Waals surface area contributed by atoms with Gasteiger partial charge >= 0.3 is 0 Å². The number of carbonyl (C=O) groups is 1. The van der Waals surface area contributed by atoms with Crippen LogP contribution in [-0.4, -0.2) is 39.2 Å². The van der Waals surface area contributed by atoms with Crippen molar-refractivity contribution in [3.05, 3.63) is 33.6 Å². The predicted octanol–water partition coefficient (Wildman–Crippen LogP) is 4.91. The van der Waals surface area contributed by atoms with Crippen LogP contribution in [0, 0.1) is 5.92 Å². The Kier molecular flexibility index (Phi) is 6.50. The van der Waals surface area contributed by atoms with Gasteiger partial charge in [0, 0.05) is 24.2 Å². The zero-order valence-corrected chi connectivity index (χ0v) is 18.5. The van der Waals surface area contributed by atoms with Gasteiger partial charge in [-0.2, -0.15) is 0 Å². The molecule has 29 heavy (non-hydrogen) atoms. The van der Waals surface area contributed by atoms with Gasteiger partial charge in [-0.3, -0.25) is 14.2 Å². The monoisotopic (exact) mass is 433 g/mol. The van der Waals surface area contributed by atoms with Gasteiger partial charge in [0.05, 0.1) is 16.7 Å². The van der Waals surface area contributed by atoms with Crippen molar-refractivity contribution in [1.82, 2.24) is 14.5 Å². The van der Waals surface area contributed by atoms with Crippen molar-refractivity contribution in [2.45, 2.75) is 63.1 Å². The van der Waals surface area contributed by atoms with E-state index >= 15 is 0 Å². The lowest BCUT2D eigenvalue weighted by Crippen LogP contribution is -2.40. The van der Waals surface area contributed by atoms with Crippen molar-refractivity contribution in [1.29, 1.82) is 0 Å². The van der Waals surface area contributed by atoms with Gasteiger partial charge in [-0.25, -0.2) is 4.98 Å². The summed E-state index contributed by atoms with van der Waals surface area (Å²) in [5.74, 6) is 1.01. The molecule has 2 heterocycles. The summed E-state index contributed by atoms with van der Waals surface area (Å²) in [7, 11) is 0. The van der Waals surface area contributed by atoms with Crippen LogP contribution in [0.1, 0.15) is 57.9 Å². The van der Waals surface area contributed by atoms with Crippen LogP contribution in [0.5, 0.6) is 0 Å². The molecule has 7 heteroatoms. The molecule has 0 spiro atoms. The fourth-order valence-electron chi connectivity index (χ4n) is 4.55. The molecule has 2 aromatic rings. The van der Waals surface area contributed by atoms with E-state index in [1.54, 1.807) is 18.2 Å². The lowest BCUT2D eigenvalue weighted by molar-refractivity contribution is -0.130. The molecule has 2 aliphatic rings. The van der Waals surface area contributed by atoms with Gasteiger partial charge < -0.3 is 4.90 Å². The molecule has 0 N–H and O–H groups in total. The third kappa shape index (κ3) is 4.64. The molecule has 1 aliphatic heterocycles. The highest BCUT2D eigenvalue weighted by atomic mass is 35.5. The summed E-state index contributed by atoms with van der Waals surface area (Å²) in [6, 6.07) is 5.41. The maximum atomic E-state index is 13.3. The quantitative estimate of drug-likeness (QED) is 0.508. The van der Waals surface area contributed by atoms with E-state index in [0.717, 1.165) is 45.2 Å². The Bertz CT molecular complexity index is 955. The largest absolute Gasteiger partial charge is 0.342 e. The van der Waals surface area contributed by atoms with Crippen molar-refractivity contribution in [2.75, 3.05) is 18.8 Å². The zero-order valence-electron chi connectivity index (χ0n) is 16.9. The summed E-state index contributed by atoms with van der Waals surface area (Å²) in [6.07, 6.45) is 7.71. The molecule has 156 valence electrons. The molecule has 1 amide bonds. The molecule has 1 saturated heterocycles. The second kappa shape index (κ2) is 9.09. The van der Waals surface area contributed by atoms with Crippen LogP contribution in [0.15, 0.2) is 28.2 Å². The first-order valence-electron chi connectivity index (χ1n) is 10.7. The highest BCUT2D eigenvalue weighted by Crippen LogP contribution is 2.31. The normalized spacial score (nSPS) is 20.9. The Morgan fingerprint density at radius 2 is 2.00 bits per heavy atom. The summed E-state index contributed by atoms with van der Waals surface area (Å²) < 4.78 is 1.85. The topological polar surface area (TPSA) is 55.2 Å². The smallest absolute Gasteiger partial charge is 0.262 e. The van der Waals surface area contributed by atoms with Crippen molar-refractivity contribution in [2.24, 2.45) is 5.92 Å². The van der Waals surface area contributed by atoms with Gasteiger partial charge in [0.15, 0.2) is 5.16 Å². The molecule has 0 bridgehead atoms. The number of aromatic nitrogens is 2. The lowest BCUT2D eigenvalue weighted by atomic mass is 9.95. The number of halogens is 1. The molecule has 1 aliphatic carbocycles. The van der Waals surface area contributed by atoms with E-state index in [1.807, 2.05) is 9.47 Å². The highest BCUT2D eigenvalue weighted by Gasteiger charge is 2.25. The number of fused-ring (bicyclic) bond motifs is 1. The van der Waals surface area contributed by atoms with E-state index < -0.39 is 0 Å². The van der Waals surface area contributed by atoms with E-state index in [1.165, 1.54) is 24.6 Å². The van der Waals surface area contributed by atoms with E-state index in [9.17, 15) is 9.59 Å². The van der Waals surface area contributed by atoms with Crippen molar-refractivity contribution < 1.29 is 4.79 Å². The van der Waals surface area contributed by atoms with Gasteiger partial charge in [-0.1, -0.05) is 49.5 Å². The van der Waals surface area contributed by atoms with Crippen LogP contribution in [0.25, 0.3) is 10.9 Å². The van der Waals surface area contributed by atoms with Crippen LogP contribution in [-0.2, 0) is 4.79 Å². The van der Waals surface area contributed by atoms with Gasteiger partial charge in [0.25, 0.3) is 5.56 Å². The molecule has 1 saturated carbocycles. The van der Waals surface area contributed by atoms with Crippen LogP contribution in [0.4, 0.5) is 0 Å². The van der Waals surface area contributed by atoms with Gasteiger partial charge in [-0.15, -0.1) is 0 Å².